The van der Waals surface area contributed by atoms with Crippen molar-refractivity contribution in [3.8, 4) is 0 Å². The number of carbonyl (C=O) groups excluding carboxylic acids is 1. The topological polar surface area (TPSA) is 58.4 Å². The van der Waals surface area contributed by atoms with Gasteiger partial charge in [-0.2, -0.15) is 0 Å². The van der Waals surface area contributed by atoms with Crippen molar-refractivity contribution in [3.05, 3.63) is 23.8 Å². The molecule has 0 spiro atoms. The van der Waals surface area contributed by atoms with E-state index in [-0.39, 0.29) is 5.91 Å². The molecule has 0 bridgehead atoms. The van der Waals surface area contributed by atoms with Crippen LogP contribution in [0.25, 0.3) is 0 Å². The minimum atomic E-state index is -0.0715. The standard InChI is InChI=1S/C16H25N3O/c1-16(2,3)12-7-8-19(10-12)14-9-11(15(20)18-4)5-6-13(14)17/h5-6,9,12H,7-8,10,17H2,1-4H3,(H,18,20). The summed E-state index contributed by atoms with van der Waals surface area (Å²) in [4.78, 5) is 14.0. The highest BCUT2D eigenvalue weighted by molar-refractivity contribution is 5.96. The number of nitrogens with two attached hydrogens (primary N) is 1. The predicted molar refractivity (Wildman–Crippen MR) is 84.0 cm³/mol. The SMILES string of the molecule is CNC(=O)c1ccc(N)c(N2CCC(C(C)(C)C)C2)c1. The van der Waals surface area contributed by atoms with Crippen LogP contribution < -0.4 is 16.0 Å². The van der Waals surface area contributed by atoms with E-state index in [4.69, 9.17) is 5.73 Å². The van der Waals surface area contributed by atoms with Crippen molar-refractivity contribution in [1.82, 2.24) is 5.32 Å². The summed E-state index contributed by atoms with van der Waals surface area (Å²) in [6.45, 7) is 8.86. The van der Waals surface area contributed by atoms with Crippen LogP contribution in [0.5, 0.6) is 0 Å². The van der Waals surface area contributed by atoms with Gasteiger partial charge in [-0.25, -0.2) is 0 Å². The Balaban J connectivity index is 2.23. The number of nitrogens with zero attached hydrogens (tertiary/aromatic N) is 1. The largest absolute Gasteiger partial charge is 0.397 e. The van der Waals surface area contributed by atoms with Crippen LogP contribution in [0.1, 0.15) is 37.6 Å². The van der Waals surface area contributed by atoms with Crippen molar-refractivity contribution in [2.45, 2.75) is 27.2 Å². The second-order valence-corrected chi connectivity index (χ2v) is 6.65. The minimum absolute atomic E-state index is 0.0715. The van der Waals surface area contributed by atoms with Gasteiger partial charge >= 0.3 is 0 Å². The quantitative estimate of drug-likeness (QED) is 0.815. The molecule has 1 aromatic rings. The van der Waals surface area contributed by atoms with E-state index in [1.165, 1.54) is 6.42 Å². The lowest BCUT2D eigenvalue weighted by atomic mass is 9.80. The monoisotopic (exact) mass is 275 g/mol. The molecule has 110 valence electrons. The van der Waals surface area contributed by atoms with Crippen molar-refractivity contribution in [3.63, 3.8) is 0 Å². The van der Waals surface area contributed by atoms with Gasteiger partial charge in [0.15, 0.2) is 0 Å². The first kappa shape index (κ1) is 14.7. The normalized spacial score (nSPS) is 19.2. The third kappa shape index (κ3) is 2.89. The van der Waals surface area contributed by atoms with Gasteiger partial charge in [0, 0.05) is 25.7 Å². The number of carbonyl (C=O) groups is 1. The molecule has 4 nitrogen and oxygen atoms in total. The molecule has 0 saturated carbocycles. The van der Waals surface area contributed by atoms with Crippen molar-refractivity contribution < 1.29 is 4.79 Å². The molecule has 1 unspecified atom stereocenters. The zero-order chi connectivity index (χ0) is 14.9. The average molecular weight is 275 g/mol. The Hall–Kier alpha value is -1.71. The van der Waals surface area contributed by atoms with Crippen LogP contribution >= 0.6 is 0 Å². The first-order chi connectivity index (χ1) is 9.32. The number of hydrogen-bond donors (Lipinski definition) is 2. The van der Waals surface area contributed by atoms with Gasteiger partial charge in [-0.05, 0) is 36.0 Å². The van der Waals surface area contributed by atoms with Gasteiger partial charge in [0.25, 0.3) is 5.91 Å². The number of nitrogen functional groups attached to an aromatic ring is 1. The van der Waals surface area contributed by atoms with Gasteiger partial charge in [-0.3, -0.25) is 4.79 Å². The number of benzene rings is 1. The van der Waals surface area contributed by atoms with Crippen molar-refractivity contribution >= 4 is 17.3 Å². The highest BCUT2D eigenvalue weighted by Crippen LogP contribution is 2.37. The van der Waals surface area contributed by atoms with Crippen LogP contribution in [0.2, 0.25) is 0 Å². The van der Waals surface area contributed by atoms with Crippen LogP contribution in [0, 0.1) is 11.3 Å². The third-order valence-electron chi connectivity index (χ3n) is 4.27. The van der Waals surface area contributed by atoms with Gasteiger partial charge < -0.3 is 16.0 Å². The molecule has 1 aromatic carbocycles. The Labute approximate surface area is 121 Å². The van der Waals surface area contributed by atoms with Crippen LogP contribution in [-0.4, -0.2) is 26.0 Å². The highest BCUT2D eigenvalue weighted by Gasteiger charge is 2.32. The molecular formula is C16H25N3O. The van der Waals surface area contributed by atoms with Crippen molar-refractivity contribution in [2.24, 2.45) is 11.3 Å². The van der Waals surface area contributed by atoms with Gasteiger partial charge in [0.05, 0.1) is 11.4 Å². The Kier molecular flexibility index (Phi) is 3.93. The molecule has 2 rings (SSSR count). The molecule has 0 aromatic heterocycles. The number of rotatable bonds is 2. The highest BCUT2D eigenvalue weighted by atomic mass is 16.1. The van der Waals surface area contributed by atoms with Crippen molar-refractivity contribution in [1.29, 1.82) is 0 Å². The van der Waals surface area contributed by atoms with Crippen molar-refractivity contribution in [2.75, 3.05) is 30.8 Å². The number of nitrogens with one attached hydrogen (secondary N) is 1. The van der Waals surface area contributed by atoms with E-state index in [9.17, 15) is 4.79 Å². The molecular weight excluding hydrogens is 250 g/mol. The summed E-state index contributed by atoms with van der Waals surface area (Å²) in [6.07, 6.45) is 1.17. The Bertz CT molecular complexity index is 505. The van der Waals surface area contributed by atoms with Crippen LogP contribution in [0.15, 0.2) is 18.2 Å². The molecule has 0 aliphatic carbocycles. The van der Waals surface area contributed by atoms with Crippen LogP contribution in [0.3, 0.4) is 0 Å². The fourth-order valence-electron chi connectivity index (χ4n) is 2.79. The molecule has 1 heterocycles. The molecule has 1 fully saturated rings. The average Bonchev–Trinajstić information content (AvgIpc) is 2.87. The lowest BCUT2D eigenvalue weighted by Crippen LogP contribution is -2.26. The molecule has 20 heavy (non-hydrogen) atoms. The van der Waals surface area contributed by atoms with E-state index < -0.39 is 0 Å². The number of anilines is 2. The van der Waals surface area contributed by atoms with Crippen LogP contribution in [-0.2, 0) is 0 Å². The smallest absolute Gasteiger partial charge is 0.251 e. The molecule has 1 aliphatic heterocycles. The molecule has 0 radical (unpaired) electrons. The fourth-order valence-corrected chi connectivity index (χ4v) is 2.79. The Morgan fingerprint density at radius 3 is 2.65 bits per heavy atom. The molecule has 1 aliphatic rings. The minimum Gasteiger partial charge on any atom is -0.397 e. The summed E-state index contributed by atoms with van der Waals surface area (Å²) in [7, 11) is 1.64. The van der Waals surface area contributed by atoms with E-state index in [1.54, 1.807) is 13.1 Å². The molecule has 4 heteroatoms. The second kappa shape index (κ2) is 5.35. The van der Waals surface area contributed by atoms with E-state index >= 15 is 0 Å². The summed E-state index contributed by atoms with van der Waals surface area (Å²) in [5, 5.41) is 2.65. The maximum absolute atomic E-state index is 11.7. The first-order valence-electron chi connectivity index (χ1n) is 7.19. The second-order valence-electron chi connectivity index (χ2n) is 6.65. The molecule has 3 N–H and O–H groups in total. The fraction of sp³-hybridized carbons (Fsp3) is 0.562. The molecule has 1 saturated heterocycles. The Morgan fingerprint density at radius 2 is 2.10 bits per heavy atom. The number of hydrogen-bond acceptors (Lipinski definition) is 3. The number of amides is 1. The lowest BCUT2D eigenvalue weighted by Gasteiger charge is -2.28. The molecule has 1 atom stereocenters. The van der Waals surface area contributed by atoms with E-state index in [1.807, 2.05) is 12.1 Å². The summed E-state index contributed by atoms with van der Waals surface area (Å²) >= 11 is 0. The summed E-state index contributed by atoms with van der Waals surface area (Å²) < 4.78 is 0. The lowest BCUT2D eigenvalue weighted by molar-refractivity contribution is 0.0963. The zero-order valence-electron chi connectivity index (χ0n) is 12.9. The van der Waals surface area contributed by atoms with E-state index in [0.717, 1.165) is 24.5 Å². The van der Waals surface area contributed by atoms with Gasteiger partial charge in [0.2, 0.25) is 0 Å². The summed E-state index contributed by atoms with van der Waals surface area (Å²) in [6, 6.07) is 5.50. The molecule has 1 amide bonds. The first-order valence-corrected chi connectivity index (χ1v) is 7.19. The van der Waals surface area contributed by atoms with Gasteiger partial charge in [-0.1, -0.05) is 20.8 Å². The zero-order valence-corrected chi connectivity index (χ0v) is 12.9. The van der Waals surface area contributed by atoms with Gasteiger partial charge in [0.1, 0.15) is 0 Å². The maximum Gasteiger partial charge on any atom is 0.251 e. The predicted octanol–water partition coefficient (Wildman–Crippen LogP) is 2.50. The van der Waals surface area contributed by atoms with E-state index in [0.29, 0.717) is 16.9 Å². The van der Waals surface area contributed by atoms with E-state index in [2.05, 4.69) is 31.0 Å². The Morgan fingerprint density at radius 1 is 1.40 bits per heavy atom. The third-order valence-corrected chi connectivity index (χ3v) is 4.27. The van der Waals surface area contributed by atoms with Crippen LogP contribution in [0.4, 0.5) is 11.4 Å². The van der Waals surface area contributed by atoms with Gasteiger partial charge in [-0.15, -0.1) is 0 Å². The maximum atomic E-state index is 11.7. The summed E-state index contributed by atoms with van der Waals surface area (Å²) in [5.74, 6) is 0.586. The summed E-state index contributed by atoms with van der Waals surface area (Å²) in [5.41, 5.74) is 8.79.